The molecular formula is C9H11IN4O. The Kier molecular flexibility index (Phi) is 3.03. The maximum absolute atomic E-state index is 11.2. The second-order valence-electron chi connectivity index (χ2n) is 3.42. The molecular weight excluding hydrogens is 307 g/mol. The summed E-state index contributed by atoms with van der Waals surface area (Å²) in [6, 6.07) is 0. The molecule has 2 rings (SSSR count). The molecule has 80 valence electrons. The minimum atomic E-state index is 0.0814. The Labute approximate surface area is 101 Å². The third kappa shape index (κ3) is 2.19. The normalized spacial score (nSPS) is 16.0. The number of rotatable bonds is 2. The Bertz CT molecular complexity index is 361. The number of nitrogens with one attached hydrogen (secondary N) is 1. The van der Waals surface area contributed by atoms with Crippen LogP contribution in [0.4, 0.5) is 5.95 Å². The Hall–Kier alpha value is -0.920. The number of hydrogen-bond acceptors (Lipinski definition) is 4. The van der Waals surface area contributed by atoms with Crippen LogP contribution in [0.25, 0.3) is 0 Å². The topological polar surface area (TPSA) is 58.1 Å². The molecule has 1 saturated heterocycles. The fourth-order valence-electron chi connectivity index (χ4n) is 1.48. The minimum absolute atomic E-state index is 0.0814. The van der Waals surface area contributed by atoms with Crippen molar-refractivity contribution in [3.05, 3.63) is 16.0 Å². The van der Waals surface area contributed by atoms with Crippen molar-refractivity contribution in [3.8, 4) is 0 Å². The average Bonchev–Trinajstić information content (AvgIpc) is 2.18. The number of hydrogen-bond donors (Lipinski definition) is 1. The third-order valence-electron chi connectivity index (χ3n) is 2.39. The summed E-state index contributed by atoms with van der Waals surface area (Å²) in [7, 11) is 1.66. The van der Waals surface area contributed by atoms with Gasteiger partial charge in [-0.25, -0.2) is 9.97 Å². The number of anilines is 1. The molecule has 0 aliphatic carbocycles. The van der Waals surface area contributed by atoms with E-state index in [2.05, 4.69) is 37.9 Å². The van der Waals surface area contributed by atoms with E-state index in [4.69, 9.17) is 0 Å². The molecule has 0 unspecified atom stereocenters. The van der Waals surface area contributed by atoms with Gasteiger partial charge < -0.3 is 10.2 Å². The Balaban J connectivity index is 1.94. The third-order valence-corrected chi connectivity index (χ3v) is 2.95. The van der Waals surface area contributed by atoms with Crippen LogP contribution in [0.5, 0.6) is 0 Å². The molecule has 1 fully saturated rings. The van der Waals surface area contributed by atoms with Crippen molar-refractivity contribution in [1.29, 1.82) is 0 Å². The van der Waals surface area contributed by atoms with Crippen molar-refractivity contribution in [2.45, 2.75) is 0 Å². The predicted molar refractivity (Wildman–Crippen MR) is 64.5 cm³/mol. The quantitative estimate of drug-likeness (QED) is 0.795. The largest absolute Gasteiger partial charge is 0.359 e. The van der Waals surface area contributed by atoms with Gasteiger partial charge in [0.05, 0.1) is 5.92 Å². The number of carbonyl (C=O) groups excluding carboxylic acids is 1. The first-order valence-corrected chi connectivity index (χ1v) is 5.72. The SMILES string of the molecule is CNC(=O)C1CN(c2ncc(I)cn2)C1. The van der Waals surface area contributed by atoms with Gasteiger partial charge in [0.15, 0.2) is 0 Å². The summed E-state index contributed by atoms with van der Waals surface area (Å²) in [6.45, 7) is 1.42. The minimum Gasteiger partial charge on any atom is -0.359 e. The molecule has 5 nitrogen and oxygen atoms in total. The fraction of sp³-hybridized carbons (Fsp3) is 0.444. The molecule has 0 bridgehead atoms. The van der Waals surface area contributed by atoms with Gasteiger partial charge in [-0.1, -0.05) is 0 Å². The standard InChI is InChI=1S/C9H11IN4O/c1-11-8(15)6-4-14(5-6)9-12-2-7(10)3-13-9/h2-3,6H,4-5H2,1H3,(H,11,15). The van der Waals surface area contributed by atoms with Gasteiger partial charge in [-0.05, 0) is 22.6 Å². The maximum Gasteiger partial charge on any atom is 0.226 e. The van der Waals surface area contributed by atoms with Crippen LogP contribution in [0, 0.1) is 9.49 Å². The molecule has 2 heterocycles. The van der Waals surface area contributed by atoms with Crippen molar-refractivity contribution >= 4 is 34.4 Å². The highest BCUT2D eigenvalue weighted by Crippen LogP contribution is 2.20. The first kappa shape index (κ1) is 10.6. The van der Waals surface area contributed by atoms with E-state index in [9.17, 15) is 4.79 Å². The lowest BCUT2D eigenvalue weighted by molar-refractivity contribution is -0.125. The van der Waals surface area contributed by atoms with Crippen LogP contribution in [0.1, 0.15) is 0 Å². The highest BCUT2D eigenvalue weighted by molar-refractivity contribution is 14.1. The van der Waals surface area contributed by atoms with E-state index < -0.39 is 0 Å². The molecule has 1 N–H and O–H groups in total. The highest BCUT2D eigenvalue weighted by atomic mass is 127. The molecule has 0 spiro atoms. The molecule has 0 radical (unpaired) electrons. The van der Waals surface area contributed by atoms with E-state index in [1.807, 2.05) is 4.90 Å². The molecule has 1 aliphatic heterocycles. The highest BCUT2D eigenvalue weighted by Gasteiger charge is 2.33. The number of amides is 1. The molecule has 15 heavy (non-hydrogen) atoms. The first-order chi connectivity index (χ1) is 7.20. The molecule has 1 amide bonds. The van der Waals surface area contributed by atoms with Crippen LogP contribution in [-0.4, -0.2) is 36.0 Å². The first-order valence-electron chi connectivity index (χ1n) is 4.65. The second-order valence-corrected chi connectivity index (χ2v) is 4.66. The van der Waals surface area contributed by atoms with Gasteiger partial charge in [0.25, 0.3) is 0 Å². The summed E-state index contributed by atoms with van der Waals surface area (Å²) in [5.41, 5.74) is 0. The van der Waals surface area contributed by atoms with E-state index >= 15 is 0 Å². The van der Waals surface area contributed by atoms with Gasteiger partial charge in [-0.15, -0.1) is 0 Å². The summed E-state index contributed by atoms with van der Waals surface area (Å²) < 4.78 is 1.01. The van der Waals surface area contributed by atoms with Gasteiger partial charge in [-0.3, -0.25) is 4.79 Å². The average molecular weight is 318 g/mol. The summed E-state index contributed by atoms with van der Waals surface area (Å²) in [5, 5.41) is 2.64. The molecule has 6 heteroatoms. The van der Waals surface area contributed by atoms with Gasteiger partial charge in [-0.2, -0.15) is 0 Å². The van der Waals surface area contributed by atoms with Crippen molar-refractivity contribution in [3.63, 3.8) is 0 Å². The maximum atomic E-state index is 11.2. The molecule has 0 saturated carbocycles. The lowest BCUT2D eigenvalue weighted by atomic mass is 10.00. The van der Waals surface area contributed by atoms with E-state index in [-0.39, 0.29) is 11.8 Å². The van der Waals surface area contributed by atoms with Crippen LogP contribution in [0.3, 0.4) is 0 Å². The Morgan fingerprint density at radius 3 is 2.67 bits per heavy atom. The van der Waals surface area contributed by atoms with Crippen molar-refractivity contribution in [2.24, 2.45) is 5.92 Å². The lowest BCUT2D eigenvalue weighted by Gasteiger charge is -2.37. The zero-order chi connectivity index (χ0) is 10.8. The monoisotopic (exact) mass is 318 g/mol. The van der Waals surface area contributed by atoms with Gasteiger partial charge in [0.1, 0.15) is 0 Å². The van der Waals surface area contributed by atoms with E-state index in [1.165, 1.54) is 0 Å². The van der Waals surface area contributed by atoms with E-state index in [0.717, 1.165) is 3.57 Å². The van der Waals surface area contributed by atoms with Crippen LogP contribution < -0.4 is 10.2 Å². The zero-order valence-electron chi connectivity index (χ0n) is 8.27. The van der Waals surface area contributed by atoms with Crippen molar-refractivity contribution in [2.75, 3.05) is 25.0 Å². The summed E-state index contributed by atoms with van der Waals surface area (Å²) in [6.07, 6.45) is 3.55. The van der Waals surface area contributed by atoms with Crippen LogP contribution >= 0.6 is 22.6 Å². The molecule has 0 aromatic carbocycles. The number of carbonyl (C=O) groups is 1. The van der Waals surface area contributed by atoms with Crippen LogP contribution in [-0.2, 0) is 4.79 Å². The second kappa shape index (κ2) is 4.30. The van der Waals surface area contributed by atoms with Crippen LogP contribution in [0.2, 0.25) is 0 Å². The Morgan fingerprint density at radius 2 is 2.13 bits per heavy atom. The summed E-state index contributed by atoms with van der Waals surface area (Å²) in [5.74, 6) is 0.880. The molecule has 1 aromatic heterocycles. The van der Waals surface area contributed by atoms with Gasteiger partial charge in [0, 0.05) is 36.1 Å². The predicted octanol–water partition coefficient (Wildman–Crippen LogP) is 0.263. The van der Waals surface area contributed by atoms with E-state index in [0.29, 0.717) is 19.0 Å². The molecule has 1 aliphatic rings. The number of aromatic nitrogens is 2. The fourth-order valence-corrected chi connectivity index (χ4v) is 1.76. The molecule has 1 aromatic rings. The lowest BCUT2D eigenvalue weighted by Crippen LogP contribution is -2.53. The van der Waals surface area contributed by atoms with Crippen LogP contribution in [0.15, 0.2) is 12.4 Å². The van der Waals surface area contributed by atoms with Gasteiger partial charge >= 0.3 is 0 Å². The molecule has 0 atom stereocenters. The van der Waals surface area contributed by atoms with Crippen molar-refractivity contribution < 1.29 is 4.79 Å². The number of halogens is 1. The summed E-state index contributed by atoms with van der Waals surface area (Å²) in [4.78, 5) is 21.6. The Morgan fingerprint density at radius 1 is 1.53 bits per heavy atom. The van der Waals surface area contributed by atoms with Gasteiger partial charge in [0.2, 0.25) is 11.9 Å². The number of nitrogens with zero attached hydrogens (tertiary/aromatic N) is 3. The zero-order valence-corrected chi connectivity index (χ0v) is 10.4. The van der Waals surface area contributed by atoms with Crippen molar-refractivity contribution in [1.82, 2.24) is 15.3 Å². The summed E-state index contributed by atoms with van der Waals surface area (Å²) >= 11 is 2.16. The van der Waals surface area contributed by atoms with E-state index in [1.54, 1.807) is 19.4 Å². The smallest absolute Gasteiger partial charge is 0.226 e.